The molecule has 29 heavy (non-hydrogen) atoms. The lowest BCUT2D eigenvalue weighted by molar-refractivity contribution is 0.00628. The van der Waals surface area contributed by atoms with Crippen molar-refractivity contribution in [3.05, 3.63) is 23.3 Å². The van der Waals surface area contributed by atoms with E-state index in [9.17, 15) is 15.3 Å². The van der Waals surface area contributed by atoms with Gasteiger partial charge in [0.25, 0.3) is 0 Å². The van der Waals surface area contributed by atoms with Gasteiger partial charge in [0.15, 0.2) is 23.0 Å². The van der Waals surface area contributed by atoms with Crippen LogP contribution in [0.3, 0.4) is 0 Å². The van der Waals surface area contributed by atoms with Gasteiger partial charge in [0.05, 0.1) is 34.0 Å². The highest BCUT2D eigenvalue weighted by atomic mass is 16.5. The van der Waals surface area contributed by atoms with Crippen LogP contribution in [0.2, 0.25) is 0 Å². The number of aromatic hydroxyl groups is 2. The van der Waals surface area contributed by atoms with Gasteiger partial charge >= 0.3 is 0 Å². The second-order valence-electron chi connectivity index (χ2n) is 7.63. The zero-order valence-electron chi connectivity index (χ0n) is 17.6. The average Bonchev–Trinajstić information content (AvgIpc) is 2.66. The fourth-order valence-electron chi connectivity index (χ4n) is 4.10. The molecule has 158 valence electrons. The maximum absolute atomic E-state index is 11.1. The Bertz CT molecular complexity index is 934. The molecule has 7 heteroatoms. The number of phenolic OH excluding ortho intramolecular Hbond substituents is 2. The van der Waals surface area contributed by atoms with Gasteiger partial charge in [-0.25, -0.2) is 0 Å². The van der Waals surface area contributed by atoms with Crippen LogP contribution in [-0.4, -0.2) is 49.4 Å². The number of fused-ring (bicyclic) bond motifs is 3. The second kappa shape index (κ2) is 7.55. The van der Waals surface area contributed by atoms with Crippen LogP contribution in [0.4, 0.5) is 0 Å². The third-order valence-corrected chi connectivity index (χ3v) is 5.80. The van der Waals surface area contributed by atoms with Crippen LogP contribution in [0.5, 0.6) is 34.5 Å². The molecule has 0 fully saturated rings. The van der Waals surface area contributed by atoms with Crippen molar-refractivity contribution in [2.75, 3.05) is 28.4 Å². The molecule has 3 N–H and O–H groups in total. The van der Waals surface area contributed by atoms with E-state index in [0.29, 0.717) is 34.6 Å². The quantitative estimate of drug-likeness (QED) is 0.719. The highest BCUT2D eigenvalue weighted by molar-refractivity contribution is 5.88. The van der Waals surface area contributed by atoms with E-state index >= 15 is 0 Å². The first-order valence-corrected chi connectivity index (χ1v) is 9.36. The van der Waals surface area contributed by atoms with Gasteiger partial charge in [-0.3, -0.25) is 0 Å². The van der Waals surface area contributed by atoms with Crippen LogP contribution >= 0.6 is 0 Å². The number of aliphatic hydroxyl groups is 1. The van der Waals surface area contributed by atoms with Gasteiger partial charge in [-0.2, -0.15) is 0 Å². The molecule has 0 radical (unpaired) electrons. The molecule has 0 aromatic heterocycles. The van der Waals surface area contributed by atoms with E-state index in [2.05, 4.69) is 0 Å². The van der Waals surface area contributed by atoms with Gasteiger partial charge in [0.1, 0.15) is 0 Å². The fraction of sp³-hybridized carbons (Fsp3) is 0.455. The number of hydrogen-bond donors (Lipinski definition) is 3. The monoisotopic (exact) mass is 404 g/mol. The summed E-state index contributed by atoms with van der Waals surface area (Å²) in [6.07, 6.45) is 0.769. The number of ether oxygens (including phenoxy) is 4. The van der Waals surface area contributed by atoms with Crippen LogP contribution in [0.1, 0.15) is 25.0 Å². The van der Waals surface area contributed by atoms with E-state index in [4.69, 9.17) is 18.9 Å². The maximum Gasteiger partial charge on any atom is 0.203 e. The Labute approximate surface area is 170 Å². The van der Waals surface area contributed by atoms with Crippen molar-refractivity contribution in [1.82, 2.24) is 0 Å². The second-order valence-corrected chi connectivity index (χ2v) is 7.63. The van der Waals surface area contributed by atoms with Crippen LogP contribution in [0.15, 0.2) is 12.1 Å². The number of rotatable bonds is 4. The summed E-state index contributed by atoms with van der Waals surface area (Å²) in [5, 5.41) is 32.2. The summed E-state index contributed by atoms with van der Waals surface area (Å²) < 4.78 is 22.1. The molecule has 1 aliphatic carbocycles. The minimum atomic E-state index is -1.05. The lowest BCUT2D eigenvalue weighted by atomic mass is 9.75. The minimum absolute atomic E-state index is 0.0539. The molecule has 0 heterocycles. The maximum atomic E-state index is 11.1. The van der Waals surface area contributed by atoms with Gasteiger partial charge in [-0.15, -0.1) is 0 Å². The molecule has 0 saturated carbocycles. The van der Waals surface area contributed by atoms with E-state index in [1.165, 1.54) is 28.4 Å². The minimum Gasteiger partial charge on any atom is -0.504 e. The third kappa shape index (κ3) is 3.29. The Balaban J connectivity index is 2.52. The fourth-order valence-corrected chi connectivity index (χ4v) is 4.10. The van der Waals surface area contributed by atoms with E-state index in [1.54, 1.807) is 19.1 Å². The van der Waals surface area contributed by atoms with Crippen molar-refractivity contribution in [2.24, 2.45) is 5.92 Å². The topological polar surface area (TPSA) is 97.6 Å². The summed E-state index contributed by atoms with van der Waals surface area (Å²) in [6, 6.07) is 3.20. The molecule has 0 bridgehead atoms. The number of hydrogen-bond acceptors (Lipinski definition) is 7. The summed E-state index contributed by atoms with van der Waals surface area (Å²) in [7, 11) is 5.89. The molecule has 2 aromatic carbocycles. The molecule has 3 rings (SSSR count). The normalized spacial score (nSPS) is 20.7. The molecule has 7 nitrogen and oxygen atoms in total. The summed E-state index contributed by atoms with van der Waals surface area (Å²) in [6.45, 7) is 3.71. The van der Waals surface area contributed by atoms with Crippen molar-refractivity contribution in [2.45, 2.75) is 32.3 Å². The van der Waals surface area contributed by atoms with E-state index in [-0.39, 0.29) is 35.3 Å². The lowest BCUT2D eigenvalue weighted by Crippen LogP contribution is -2.37. The zero-order valence-corrected chi connectivity index (χ0v) is 17.6. The van der Waals surface area contributed by atoms with E-state index < -0.39 is 5.60 Å². The predicted molar refractivity (Wildman–Crippen MR) is 109 cm³/mol. The summed E-state index contributed by atoms with van der Waals surface area (Å²) in [5.74, 6) is 0.775. The summed E-state index contributed by atoms with van der Waals surface area (Å²) >= 11 is 0. The largest absolute Gasteiger partial charge is 0.504 e. The van der Waals surface area contributed by atoms with Gasteiger partial charge in [0, 0.05) is 17.5 Å². The first-order chi connectivity index (χ1) is 13.7. The SMILES string of the molecule is COc1c(O)cc2c(c1OC)-c1c(cc(O)c(OC)c1OC)CC(C)(O)C(C)C2. The molecule has 0 spiro atoms. The first kappa shape index (κ1) is 20.9. The molecular formula is C22H28O7. The van der Waals surface area contributed by atoms with Gasteiger partial charge in [-0.05, 0) is 42.5 Å². The molecule has 0 amide bonds. The van der Waals surface area contributed by atoms with Crippen LogP contribution < -0.4 is 18.9 Å². The molecule has 0 aliphatic heterocycles. The van der Waals surface area contributed by atoms with Crippen molar-refractivity contribution in [1.29, 1.82) is 0 Å². The lowest BCUT2D eigenvalue weighted by Gasteiger charge is -2.35. The van der Waals surface area contributed by atoms with Gasteiger partial charge < -0.3 is 34.3 Å². The summed E-state index contributed by atoms with van der Waals surface area (Å²) in [5.41, 5.74) is 1.68. The number of benzene rings is 2. The predicted octanol–water partition coefficient (Wildman–Crippen LogP) is 3.28. The van der Waals surface area contributed by atoms with Crippen molar-refractivity contribution in [3.63, 3.8) is 0 Å². The molecule has 2 atom stereocenters. The van der Waals surface area contributed by atoms with Gasteiger partial charge in [0.2, 0.25) is 11.5 Å². The molecule has 2 aromatic rings. The van der Waals surface area contributed by atoms with E-state index in [0.717, 1.165) is 5.56 Å². The van der Waals surface area contributed by atoms with E-state index in [1.807, 2.05) is 6.92 Å². The molecule has 0 saturated heterocycles. The number of methoxy groups -OCH3 is 4. The highest BCUT2D eigenvalue weighted by Gasteiger charge is 2.37. The Kier molecular flexibility index (Phi) is 5.45. The van der Waals surface area contributed by atoms with Crippen molar-refractivity contribution < 1.29 is 34.3 Å². The molecular weight excluding hydrogens is 376 g/mol. The first-order valence-electron chi connectivity index (χ1n) is 9.36. The average molecular weight is 404 g/mol. The molecule has 2 unspecified atom stereocenters. The Hall–Kier alpha value is -2.80. The van der Waals surface area contributed by atoms with Crippen molar-refractivity contribution in [3.8, 4) is 45.6 Å². The van der Waals surface area contributed by atoms with Crippen LogP contribution in [-0.2, 0) is 12.8 Å². The Morgan fingerprint density at radius 3 is 1.66 bits per heavy atom. The highest BCUT2D eigenvalue weighted by Crippen LogP contribution is 2.55. The number of phenols is 2. The Morgan fingerprint density at radius 1 is 0.793 bits per heavy atom. The van der Waals surface area contributed by atoms with Crippen LogP contribution in [0, 0.1) is 5.92 Å². The third-order valence-electron chi connectivity index (χ3n) is 5.80. The van der Waals surface area contributed by atoms with Crippen LogP contribution in [0.25, 0.3) is 11.1 Å². The van der Waals surface area contributed by atoms with Crippen molar-refractivity contribution >= 4 is 0 Å². The Morgan fingerprint density at radius 2 is 1.21 bits per heavy atom. The van der Waals surface area contributed by atoms with Gasteiger partial charge in [-0.1, -0.05) is 6.92 Å². The molecule has 1 aliphatic rings. The standard InChI is InChI=1S/C22H28O7/c1-11-7-12-8-14(23)18(26-3)20(28-5)16(12)17-13(10-22(11,2)25)9-15(24)19(27-4)21(17)29-6/h8-9,11,23-25H,7,10H2,1-6H3. The zero-order chi connectivity index (χ0) is 21.5. The smallest absolute Gasteiger partial charge is 0.203 e. The summed E-state index contributed by atoms with van der Waals surface area (Å²) in [4.78, 5) is 0.